The third-order valence-electron chi connectivity index (χ3n) is 5.67. The van der Waals surface area contributed by atoms with E-state index in [4.69, 9.17) is 12.2 Å². The molecule has 0 bridgehead atoms. The first-order valence-corrected chi connectivity index (χ1v) is 11.9. The molecule has 0 unspecified atom stereocenters. The fourth-order valence-electron chi connectivity index (χ4n) is 4.09. The highest BCUT2D eigenvalue weighted by Gasteiger charge is 2.41. The molecule has 1 aliphatic rings. The number of thiocarbonyl (C=S) groups is 1. The van der Waals surface area contributed by atoms with Gasteiger partial charge in [0.15, 0.2) is 5.11 Å². The lowest BCUT2D eigenvalue weighted by Gasteiger charge is -2.27. The van der Waals surface area contributed by atoms with Crippen LogP contribution in [0.5, 0.6) is 0 Å². The van der Waals surface area contributed by atoms with Gasteiger partial charge in [0.1, 0.15) is 6.04 Å². The van der Waals surface area contributed by atoms with Crippen LogP contribution in [0.3, 0.4) is 0 Å². The molecule has 34 heavy (non-hydrogen) atoms. The molecule has 1 saturated heterocycles. The van der Waals surface area contributed by atoms with Crippen molar-refractivity contribution in [3.05, 3.63) is 112 Å². The lowest BCUT2D eigenvalue weighted by atomic mass is 10.0. The number of hydrogen-bond acceptors (Lipinski definition) is 5. The normalized spacial score (nSPS) is 17.6. The number of aromatic amines is 1. The van der Waals surface area contributed by atoms with Crippen LogP contribution < -0.4 is 10.2 Å². The molecule has 2 atom stereocenters. The van der Waals surface area contributed by atoms with Crippen molar-refractivity contribution < 1.29 is 4.92 Å². The van der Waals surface area contributed by atoms with Gasteiger partial charge < -0.3 is 15.2 Å². The van der Waals surface area contributed by atoms with E-state index < -0.39 is 4.92 Å². The van der Waals surface area contributed by atoms with E-state index in [0.717, 1.165) is 32.6 Å². The predicted molar refractivity (Wildman–Crippen MR) is 137 cm³/mol. The molecule has 0 aliphatic carbocycles. The van der Waals surface area contributed by atoms with E-state index in [1.54, 1.807) is 30.1 Å². The molecule has 2 aromatic carbocycles. The van der Waals surface area contributed by atoms with Crippen molar-refractivity contribution in [3.63, 3.8) is 0 Å². The number of H-pyrrole nitrogens is 1. The Morgan fingerprint density at radius 3 is 2.29 bits per heavy atom. The number of benzene rings is 2. The zero-order valence-electron chi connectivity index (χ0n) is 18.2. The van der Waals surface area contributed by atoms with E-state index in [2.05, 4.69) is 32.3 Å². The Bertz CT molecular complexity index is 1320. The maximum Gasteiger partial charge on any atom is 0.269 e. The van der Waals surface area contributed by atoms with E-state index in [-0.39, 0.29) is 17.8 Å². The minimum atomic E-state index is -0.392. The van der Waals surface area contributed by atoms with Gasteiger partial charge in [0.05, 0.1) is 16.7 Å². The molecule has 2 N–H and O–H groups in total. The number of nitrogens with one attached hydrogen (secondary N) is 2. The smallest absolute Gasteiger partial charge is 0.269 e. The highest BCUT2D eigenvalue weighted by Crippen LogP contribution is 2.41. The van der Waals surface area contributed by atoms with Gasteiger partial charge in [0.25, 0.3) is 5.69 Å². The lowest BCUT2D eigenvalue weighted by molar-refractivity contribution is -0.384. The number of pyridine rings is 1. The Morgan fingerprint density at radius 2 is 1.71 bits per heavy atom. The first kappa shape index (κ1) is 22.1. The average Bonchev–Trinajstić information content (AvgIpc) is 3.43. The standard InChI is InChI=1S/C25H21N5O2S2/c1-16-5-14-22(27-16)24-23(21-4-2-3-15-26-21)28-25(33)29(24)17-6-10-19(11-7-17)34-20-12-8-18(9-13-20)30(31)32/h2-15,23-24,27H,1H3,(H,28,33)/t23-,24-/m1/s1. The highest BCUT2D eigenvalue weighted by atomic mass is 32.2. The zero-order valence-corrected chi connectivity index (χ0v) is 19.8. The SMILES string of the molecule is Cc1ccc([C@@H]2[C@@H](c3ccccn3)NC(=S)N2c2ccc(Sc3ccc([N+](=O)[O-])cc3)cc2)[nH]1. The molecule has 1 fully saturated rings. The van der Waals surface area contributed by atoms with Crippen LogP contribution in [0.25, 0.3) is 0 Å². The van der Waals surface area contributed by atoms with Crippen LogP contribution in [0.15, 0.2) is 94.9 Å². The highest BCUT2D eigenvalue weighted by molar-refractivity contribution is 7.99. The summed E-state index contributed by atoms with van der Waals surface area (Å²) in [4.78, 5) is 22.6. The monoisotopic (exact) mass is 487 g/mol. The van der Waals surface area contributed by atoms with E-state index in [1.807, 2.05) is 49.4 Å². The third-order valence-corrected chi connectivity index (χ3v) is 7.00. The third kappa shape index (κ3) is 4.40. The second-order valence-electron chi connectivity index (χ2n) is 7.94. The van der Waals surface area contributed by atoms with Gasteiger partial charge in [-0.1, -0.05) is 17.8 Å². The fraction of sp³-hybridized carbons (Fsp3) is 0.120. The number of aryl methyl sites for hydroxylation is 1. The molecule has 0 spiro atoms. The minimum absolute atomic E-state index is 0.0794. The van der Waals surface area contributed by atoms with E-state index >= 15 is 0 Å². The molecule has 4 aromatic rings. The van der Waals surface area contributed by atoms with Gasteiger partial charge in [-0.15, -0.1) is 0 Å². The first-order valence-electron chi connectivity index (χ1n) is 10.7. The molecule has 7 nitrogen and oxygen atoms in total. The number of rotatable bonds is 6. The van der Waals surface area contributed by atoms with Gasteiger partial charge in [-0.05, 0) is 79.8 Å². The van der Waals surface area contributed by atoms with Crippen LogP contribution in [0.2, 0.25) is 0 Å². The number of anilines is 1. The maximum absolute atomic E-state index is 10.9. The molecule has 3 heterocycles. The van der Waals surface area contributed by atoms with Crippen LogP contribution in [0.4, 0.5) is 11.4 Å². The van der Waals surface area contributed by atoms with Crippen molar-refractivity contribution in [3.8, 4) is 0 Å². The van der Waals surface area contributed by atoms with Gasteiger partial charge >= 0.3 is 0 Å². The molecule has 2 aromatic heterocycles. The van der Waals surface area contributed by atoms with Crippen LogP contribution >= 0.6 is 24.0 Å². The summed E-state index contributed by atoms with van der Waals surface area (Å²) in [5, 5.41) is 15.0. The molecule has 1 aliphatic heterocycles. The summed E-state index contributed by atoms with van der Waals surface area (Å²) >= 11 is 7.32. The molecular weight excluding hydrogens is 466 g/mol. The van der Waals surface area contributed by atoms with Crippen molar-refractivity contribution in [1.82, 2.24) is 15.3 Å². The lowest BCUT2D eigenvalue weighted by Crippen LogP contribution is -2.29. The predicted octanol–water partition coefficient (Wildman–Crippen LogP) is 5.95. The summed E-state index contributed by atoms with van der Waals surface area (Å²) in [5.74, 6) is 0. The van der Waals surface area contributed by atoms with Crippen molar-refractivity contribution >= 4 is 40.5 Å². The minimum Gasteiger partial charge on any atom is -0.361 e. The second kappa shape index (κ2) is 9.28. The number of aromatic nitrogens is 2. The molecule has 5 rings (SSSR count). The van der Waals surface area contributed by atoms with Gasteiger partial charge in [-0.25, -0.2) is 0 Å². The molecule has 0 saturated carbocycles. The van der Waals surface area contributed by atoms with Crippen LogP contribution in [-0.2, 0) is 0 Å². The Balaban J connectivity index is 1.43. The zero-order chi connectivity index (χ0) is 23.7. The number of nitro groups is 1. The second-order valence-corrected chi connectivity index (χ2v) is 9.47. The molecular formula is C25H21N5O2S2. The summed E-state index contributed by atoms with van der Waals surface area (Å²) in [6, 6.07) is 24.6. The van der Waals surface area contributed by atoms with E-state index in [1.165, 1.54) is 12.1 Å². The first-order chi connectivity index (χ1) is 16.5. The number of hydrogen-bond donors (Lipinski definition) is 2. The Labute approximate surface area is 206 Å². The van der Waals surface area contributed by atoms with E-state index in [0.29, 0.717) is 5.11 Å². The maximum atomic E-state index is 10.9. The Kier molecular flexibility index (Phi) is 6.04. The molecule has 0 radical (unpaired) electrons. The topological polar surface area (TPSA) is 87.1 Å². The van der Waals surface area contributed by atoms with Gasteiger partial charge in [0, 0.05) is 45.2 Å². The number of non-ortho nitro benzene ring substituents is 1. The number of nitrogens with zero attached hydrogens (tertiary/aromatic N) is 3. The van der Waals surface area contributed by atoms with Crippen LogP contribution in [0, 0.1) is 17.0 Å². The molecule has 170 valence electrons. The number of nitro benzene ring substituents is 1. The Morgan fingerprint density at radius 1 is 1.00 bits per heavy atom. The van der Waals surface area contributed by atoms with E-state index in [9.17, 15) is 10.1 Å². The summed E-state index contributed by atoms with van der Waals surface area (Å²) in [6.45, 7) is 2.04. The van der Waals surface area contributed by atoms with Gasteiger partial charge in [-0.3, -0.25) is 15.1 Å². The summed E-state index contributed by atoms with van der Waals surface area (Å²) in [6.07, 6.45) is 1.80. The summed E-state index contributed by atoms with van der Waals surface area (Å²) < 4.78 is 0. The van der Waals surface area contributed by atoms with Crippen molar-refractivity contribution in [2.45, 2.75) is 28.8 Å². The fourth-order valence-corrected chi connectivity index (χ4v) is 5.26. The molecule has 0 amide bonds. The van der Waals surface area contributed by atoms with Gasteiger partial charge in [0.2, 0.25) is 0 Å². The summed E-state index contributed by atoms with van der Waals surface area (Å²) in [7, 11) is 0. The summed E-state index contributed by atoms with van der Waals surface area (Å²) in [5.41, 5.74) is 4.13. The quantitative estimate of drug-likeness (QED) is 0.197. The average molecular weight is 488 g/mol. The van der Waals surface area contributed by atoms with Crippen LogP contribution in [-0.4, -0.2) is 20.0 Å². The largest absolute Gasteiger partial charge is 0.361 e. The van der Waals surface area contributed by atoms with Crippen molar-refractivity contribution in [1.29, 1.82) is 0 Å². The van der Waals surface area contributed by atoms with Crippen molar-refractivity contribution in [2.24, 2.45) is 0 Å². The Hall–Kier alpha value is -3.69. The van der Waals surface area contributed by atoms with Crippen LogP contribution in [0.1, 0.15) is 29.2 Å². The molecule has 9 heteroatoms. The van der Waals surface area contributed by atoms with Crippen molar-refractivity contribution in [2.75, 3.05) is 4.90 Å². The van der Waals surface area contributed by atoms with Gasteiger partial charge in [-0.2, -0.15) is 0 Å².